The second-order valence-corrected chi connectivity index (χ2v) is 8.68. The van der Waals surface area contributed by atoms with Crippen molar-refractivity contribution in [2.75, 3.05) is 26.7 Å². The van der Waals surface area contributed by atoms with Crippen molar-refractivity contribution in [3.05, 3.63) is 53.6 Å². The zero-order valence-electron chi connectivity index (χ0n) is 15.6. The third-order valence-electron chi connectivity index (χ3n) is 7.30. The molecular formula is C23H30N2O. The highest BCUT2D eigenvalue weighted by Gasteiger charge is 2.43. The molecule has 3 aliphatic carbocycles. The number of likely N-dealkylation sites (N-methyl/N-ethyl adjacent to an activating group) is 1. The number of hydrogen-bond donors (Lipinski definition) is 1. The lowest BCUT2D eigenvalue weighted by molar-refractivity contribution is -0.115. The van der Waals surface area contributed by atoms with E-state index in [1.807, 2.05) is 6.07 Å². The van der Waals surface area contributed by atoms with Gasteiger partial charge in [-0.1, -0.05) is 42.5 Å². The summed E-state index contributed by atoms with van der Waals surface area (Å²) in [5.74, 6) is 2.61. The van der Waals surface area contributed by atoms with Gasteiger partial charge < -0.3 is 10.2 Å². The Hall–Kier alpha value is -1.87. The number of allylic oxidation sites excluding steroid dienone is 3. The highest BCUT2D eigenvalue weighted by molar-refractivity contribution is 6.21. The summed E-state index contributed by atoms with van der Waals surface area (Å²) < 4.78 is 0. The third kappa shape index (κ3) is 2.48. The summed E-state index contributed by atoms with van der Waals surface area (Å²) in [7, 11) is 1.73. The van der Waals surface area contributed by atoms with Gasteiger partial charge in [0.05, 0.1) is 0 Å². The van der Waals surface area contributed by atoms with Gasteiger partial charge in [-0.05, 0) is 67.7 Å². The minimum Gasteiger partial charge on any atom is -0.355 e. The summed E-state index contributed by atoms with van der Waals surface area (Å²) in [5, 5.41) is 2.82. The quantitative estimate of drug-likeness (QED) is 0.845. The van der Waals surface area contributed by atoms with Crippen molar-refractivity contribution >= 4 is 11.5 Å². The molecule has 1 aliphatic heterocycles. The lowest BCUT2D eigenvalue weighted by Crippen LogP contribution is -2.43. The van der Waals surface area contributed by atoms with Crippen LogP contribution >= 0.6 is 0 Å². The SMILES string of the molecule is CNC(=O)C1=CC2(CCN(CC3CC4C=CC3C4)CC2)c2ccccc21.[HH]. The Morgan fingerprint density at radius 3 is 2.73 bits per heavy atom. The van der Waals surface area contributed by atoms with Crippen LogP contribution in [0, 0.1) is 17.8 Å². The summed E-state index contributed by atoms with van der Waals surface area (Å²) >= 11 is 0. The van der Waals surface area contributed by atoms with E-state index in [9.17, 15) is 4.79 Å². The van der Waals surface area contributed by atoms with Crippen molar-refractivity contribution in [2.24, 2.45) is 17.8 Å². The van der Waals surface area contributed by atoms with E-state index in [-0.39, 0.29) is 12.7 Å². The van der Waals surface area contributed by atoms with Crippen LogP contribution in [0.1, 0.15) is 38.2 Å². The molecule has 1 N–H and O–H groups in total. The first kappa shape index (κ1) is 16.3. The molecule has 3 nitrogen and oxygen atoms in total. The Balaban J connectivity index is 0.00000180. The second-order valence-electron chi connectivity index (χ2n) is 8.68. The van der Waals surface area contributed by atoms with Gasteiger partial charge in [0.2, 0.25) is 0 Å². The van der Waals surface area contributed by atoms with Crippen molar-refractivity contribution in [2.45, 2.75) is 31.1 Å². The van der Waals surface area contributed by atoms with Gasteiger partial charge in [0.1, 0.15) is 0 Å². The van der Waals surface area contributed by atoms with Crippen LogP contribution in [0.4, 0.5) is 0 Å². The molecule has 26 heavy (non-hydrogen) atoms. The fourth-order valence-corrected chi connectivity index (χ4v) is 5.89. The normalized spacial score (nSPS) is 31.3. The summed E-state index contributed by atoms with van der Waals surface area (Å²) in [6.07, 6.45) is 12.2. The lowest BCUT2D eigenvalue weighted by atomic mass is 9.74. The van der Waals surface area contributed by atoms with E-state index in [0.717, 1.165) is 54.8 Å². The number of rotatable bonds is 3. The highest BCUT2D eigenvalue weighted by Crippen LogP contribution is 2.48. The van der Waals surface area contributed by atoms with Gasteiger partial charge in [-0.2, -0.15) is 0 Å². The molecule has 2 fully saturated rings. The average molecular weight is 351 g/mol. The maximum Gasteiger partial charge on any atom is 0.251 e. The topological polar surface area (TPSA) is 32.3 Å². The number of hydrogen-bond acceptors (Lipinski definition) is 2. The zero-order chi connectivity index (χ0) is 17.7. The first-order valence-corrected chi connectivity index (χ1v) is 10.1. The van der Waals surface area contributed by atoms with Gasteiger partial charge in [-0.3, -0.25) is 4.79 Å². The number of benzene rings is 1. The molecule has 1 aromatic carbocycles. The average Bonchev–Trinajstić information content (AvgIpc) is 3.37. The van der Waals surface area contributed by atoms with Crippen LogP contribution < -0.4 is 5.32 Å². The molecule has 1 saturated heterocycles. The number of piperidine rings is 1. The van der Waals surface area contributed by atoms with Crippen molar-refractivity contribution in [1.82, 2.24) is 10.2 Å². The summed E-state index contributed by atoms with van der Waals surface area (Å²) in [6.45, 7) is 3.54. The Morgan fingerprint density at radius 1 is 1.23 bits per heavy atom. The third-order valence-corrected chi connectivity index (χ3v) is 7.30. The Kier molecular flexibility index (Phi) is 3.82. The monoisotopic (exact) mass is 350 g/mol. The molecule has 138 valence electrons. The van der Waals surface area contributed by atoms with Gasteiger partial charge in [-0.25, -0.2) is 0 Å². The minimum absolute atomic E-state index is 0. The molecule has 0 radical (unpaired) electrons. The highest BCUT2D eigenvalue weighted by atomic mass is 16.1. The van der Waals surface area contributed by atoms with Crippen LogP contribution in [0.2, 0.25) is 0 Å². The number of carbonyl (C=O) groups is 1. The predicted molar refractivity (Wildman–Crippen MR) is 107 cm³/mol. The number of amides is 1. The number of likely N-dealkylation sites (tertiary alicyclic amines) is 1. The van der Waals surface area contributed by atoms with Crippen LogP contribution in [0.5, 0.6) is 0 Å². The first-order chi connectivity index (χ1) is 12.7. The van der Waals surface area contributed by atoms with E-state index < -0.39 is 0 Å². The number of carbonyl (C=O) groups excluding carboxylic acids is 1. The maximum absolute atomic E-state index is 12.4. The summed E-state index contributed by atoms with van der Waals surface area (Å²) in [4.78, 5) is 15.1. The second kappa shape index (κ2) is 6.09. The Labute approximate surface area is 157 Å². The fraction of sp³-hybridized carbons (Fsp3) is 0.522. The molecule has 1 amide bonds. The van der Waals surface area contributed by atoms with E-state index in [2.05, 4.69) is 46.6 Å². The van der Waals surface area contributed by atoms with Crippen LogP contribution in [0.3, 0.4) is 0 Å². The van der Waals surface area contributed by atoms with Crippen molar-refractivity contribution < 1.29 is 6.22 Å². The zero-order valence-corrected chi connectivity index (χ0v) is 15.6. The Bertz CT molecular complexity index is 791. The molecule has 5 rings (SSSR count). The molecule has 0 aromatic heterocycles. The molecule has 1 spiro atoms. The number of nitrogens with one attached hydrogen (secondary N) is 1. The van der Waals surface area contributed by atoms with E-state index in [1.165, 1.54) is 24.9 Å². The standard InChI is InChI=1S/C23H28N2O.H2/c1-24-22(26)20-14-23(21-5-3-2-4-19(20)21)8-10-25(11-9-23)15-18-13-16-6-7-17(18)12-16;/h2-7,14,16-18H,8-13,15H2,1H3,(H,24,26);1H. The smallest absolute Gasteiger partial charge is 0.251 e. The number of nitrogens with zero attached hydrogens (tertiary/aromatic N) is 1. The van der Waals surface area contributed by atoms with Crippen molar-refractivity contribution in [3.63, 3.8) is 0 Å². The van der Waals surface area contributed by atoms with E-state index in [0.29, 0.717) is 0 Å². The molecule has 2 bridgehead atoms. The van der Waals surface area contributed by atoms with Crippen molar-refractivity contribution in [3.8, 4) is 0 Å². The molecular weight excluding hydrogens is 320 g/mol. The number of fused-ring (bicyclic) bond motifs is 4. The van der Waals surface area contributed by atoms with Gasteiger partial charge >= 0.3 is 0 Å². The minimum atomic E-state index is 0. The van der Waals surface area contributed by atoms with E-state index in [4.69, 9.17) is 0 Å². The van der Waals surface area contributed by atoms with Gasteiger partial charge in [0, 0.05) is 26.0 Å². The van der Waals surface area contributed by atoms with Crippen LogP contribution in [0.15, 0.2) is 42.5 Å². The fourth-order valence-electron chi connectivity index (χ4n) is 5.89. The van der Waals surface area contributed by atoms with Crippen molar-refractivity contribution in [1.29, 1.82) is 0 Å². The summed E-state index contributed by atoms with van der Waals surface area (Å²) in [6, 6.07) is 8.51. The predicted octanol–water partition coefficient (Wildman–Crippen LogP) is 3.62. The van der Waals surface area contributed by atoms with Gasteiger partial charge in [-0.15, -0.1) is 0 Å². The van der Waals surface area contributed by atoms with Crippen LogP contribution in [-0.2, 0) is 10.2 Å². The van der Waals surface area contributed by atoms with Gasteiger partial charge in [0.25, 0.3) is 5.91 Å². The molecule has 1 heterocycles. The lowest BCUT2D eigenvalue weighted by Gasteiger charge is -2.40. The molecule has 1 aromatic rings. The molecule has 4 aliphatic rings. The molecule has 1 saturated carbocycles. The first-order valence-electron chi connectivity index (χ1n) is 10.1. The molecule has 3 unspecified atom stereocenters. The molecule has 3 heteroatoms. The van der Waals surface area contributed by atoms with Crippen LogP contribution in [-0.4, -0.2) is 37.5 Å². The van der Waals surface area contributed by atoms with E-state index >= 15 is 0 Å². The van der Waals surface area contributed by atoms with Gasteiger partial charge in [0.15, 0.2) is 0 Å². The Morgan fingerprint density at radius 2 is 2.04 bits per heavy atom. The summed E-state index contributed by atoms with van der Waals surface area (Å²) in [5.41, 5.74) is 3.43. The van der Waals surface area contributed by atoms with Crippen LogP contribution in [0.25, 0.3) is 5.57 Å². The van der Waals surface area contributed by atoms with E-state index in [1.54, 1.807) is 7.05 Å². The molecule has 3 atom stereocenters. The maximum atomic E-state index is 12.4. The largest absolute Gasteiger partial charge is 0.355 e.